The number of aryl methyl sites for hydroxylation is 3. The Morgan fingerprint density at radius 1 is 0.643 bits per heavy atom. The van der Waals surface area contributed by atoms with E-state index in [1.165, 1.54) is 16.7 Å². The Hall–Kier alpha value is -5.23. The van der Waals surface area contributed by atoms with E-state index in [1.54, 1.807) is 0 Å². The Labute approximate surface area is 245 Å². The van der Waals surface area contributed by atoms with Gasteiger partial charge in [-0.15, -0.1) is 0 Å². The molecule has 2 aromatic carbocycles. The van der Waals surface area contributed by atoms with Crippen LogP contribution in [0.25, 0.3) is 68.6 Å². The molecule has 2 N–H and O–H groups in total. The van der Waals surface area contributed by atoms with Crippen LogP contribution in [0.5, 0.6) is 0 Å². The van der Waals surface area contributed by atoms with Crippen LogP contribution in [0.3, 0.4) is 0 Å². The lowest BCUT2D eigenvalue weighted by atomic mass is 9.92. The minimum atomic E-state index is 0.559. The highest BCUT2D eigenvalue weighted by Crippen LogP contribution is 2.35. The maximum absolute atomic E-state index is 11.3. The van der Waals surface area contributed by atoms with Gasteiger partial charge in [0.1, 0.15) is 14.1 Å². The highest BCUT2D eigenvalue weighted by atomic mass is 16.1. The number of aldehydes is 1. The maximum atomic E-state index is 11.3. The molecule has 6 heteroatoms. The van der Waals surface area contributed by atoms with E-state index in [1.807, 2.05) is 66.8 Å². The average molecular weight is 542 g/mol. The maximum Gasteiger partial charge on any atom is 0.150 e. The highest BCUT2D eigenvalue weighted by Gasteiger charge is 2.17. The van der Waals surface area contributed by atoms with Gasteiger partial charge in [-0.2, -0.15) is 0 Å². The van der Waals surface area contributed by atoms with E-state index in [2.05, 4.69) is 55.0 Å². The molecule has 0 unspecified atom stereocenters. The zero-order chi connectivity index (χ0) is 29.0. The summed E-state index contributed by atoms with van der Waals surface area (Å²) >= 11 is 0. The zero-order valence-corrected chi connectivity index (χ0v) is 23.6. The third-order valence-electron chi connectivity index (χ3n) is 7.88. The summed E-state index contributed by atoms with van der Waals surface area (Å²) < 4.78 is 0. The second-order valence-electron chi connectivity index (χ2n) is 10.9. The van der Waals surface area contributed by atoms with Crippen LogP contribution in [-0.2, 0) is 0 Å². The predicted molar refractivity (Wildman–Crippen MR) is 175 cm³/mol. The first kappa shape index (κ1) is 25.7. The Morgan fingerprint density at radius 3 is 2.05 bits per heavy atom. The van der Waals surface area contributed by atoms with Crippen molar-refractivity contribution in [2.75, 3.05) is 0 Å². The molecule has 0 spiro atoms. The van der Waals surface area contributed by atoms with Crippen molar-refractivity contribution >= 4 is 66.0 Å². The van der Waals surface area contributed by atoms with Crippen molar-refractivity contribution in [2.24, 2.45) is 0 Å². The van der Waals surface area contributed by atoms with Gasteiger partial charge in [-0.3, -0.25) is 4.79 Å². The number of carbonyl (C=O) groups is 1. The number of carbonyl (C=O) groups excluding carboxylic acids is 1. The summed E-state index contributed by atoms with van der Waals surface area (Å²) in [4.78, 5) is 28.5. The molecule has 8 bridgehead atoms. The molecule has 0 saturated heterocycles. The fraction of sp³-hybridized carbons (Fsp3) is 0.0833. The van der Waals surface area contributed by atoms with Gasteiger partial charge in [0.2, 0.25) is 0 Å². The number of H-pyrrole nitrogens is 2. The molecule has 0 atom stereocenters. The van der Waals surface area contributed by atoms with Crippen molar-refractivity contribution in [3.05, 3.63) is 112 Å². The highest BCUT2D eigenvalue weighted by molar-refractivity contribution is 6.38. The lowest BCUT2D eigenvalue weighted by molar-refractivity contribution is 0.112. The summed E-state index contributed by atoms with van der Waals surface area (Å²) in [5, 5.41) is 0. The Kier molecular flexibility index (Phi) is 6.12. The normalized spacial score (nSPS) is 12.2. The quantitative estimate of drug-likeness (QED) is 0.179. The van der Waals surface area contributed by atoms with Crippen molar-refractivity contribution in [1.82, 2.24) is 19.9 Å². The van der Waals surface area contributed by atoms with Gasteiger partial charge in [-0.05, 0) is 103 Å². The van der Waals surface area contributed by atoms with Gasteiger partial charge in [0, 0.05) is 38.8 Å². The molecule has 2 aliphatic rings. The van der Waals surface area contributed by atoms with Crippen LogP contribution in [0.1, 0.15) is 49.8 Å². The van der Waals surface area contributed by atoms with E-state index in [4.69, 9.17) is 17.8 Å². The van der Waals surface area contributed by atoms with Crippen molar-refractivity contribution in [1.29, 1.82) is 0 Å². The monoisotopic (exact) mass is 542 g/mol. The third-order valence-corrected chi connectivity index (χ3v) is 7.88. The Bertz CT molecular complexity index is 2120. The van der Waals surface area contributed by atoms with Gasteiger partial charge in [0.05, 0.1) is 22.8 Å². The average Bonchev–Trinajstić information content (AvgIpc) is 3.79. The molecule has 200 valence electrons. The minimum Gasteiger partial charge on any atom is -0.355 e. The second kappa shape index (κ2) is 10.00. The second-order valence-corrected chi connectivity index (χ2v) is 10.9. The first-order valence-corrected chi connectivity index (χ1v) is 13.9. The van der Waals surface area contributed by atoms with Crippen LogP contribution in [0, 0.1) is 20.8 Å². The van der Waals surface area contributed by atoms with Gasteiger partial charge in [0.25, 0.3) is 0 Å². The summed E-state index contributed by atoms with van der Waals surface area (Å²) in [6, 6.07) is 22.2. The number of aromatic amines is 2. The van der Waals surface area contributed by atoms with E-state index in [9.17, 15) is 4.79 Å². The van der Waals surface area contributed by atoms with Gasteiger partial charge in [0.15, 0.2) is 0 Å². The fourth-order valence-electron chi connectivity index (χ4n) is 6.03. The molecule has 0 aliphatic carbocycles. The molecule has 0 amide bonds. The minimum absolute atomic E-state index is 0.559. The van der Waals surface area contributed by atoms with Crippen molar-refractivity contribution in [3.8, 4) is 22.3 Å². The van der Waals surface area contributed by atoms with Crippen LogP contribution in [0.2, 0.25) is 0 Å². The van der Waals surface area contributed by atoms with E-state index in [-0.39, 0.29) is 0 Å². The van der Waals surface area contributed by atoms with Gasteiger partial charge in [-0.1, -0.05) is 42.0 Å². The summed E-state index contributed by atoms with van der Waals surface area (Å²) in [7, 11) is 6.75. The number of nitrogens with zero attached hydrogens (tertiary/aromatic N) is 2. The van der Waals surface area contributed by atoms with E-state index in [0.717, 1.165) is 67.7 Å². The smallest absolute Gasteiger partial charge is 0.150 e. The standard InChI is InChI=1S/C36H27BN4O/c1-20-16-21(2)33(22(3)17-20)35-29-11-9-26(39-29)18-25-8-10-27(38-25)34(24-6-4-23(19-42)5-7-24)28-12-14-31(40-28)36(37)32-15-13-30(35)41-32/h4-19,39-40H,1-3H3. The number of benzene rings is 2. The van der Waals surface area contributed by atoms with Crippen molar-refractivity contribution in [2.45, 2.75) is 20.8 Å². The lowest BCUT2D eigenvalue weighted by Gasteiger charge is -2.13. The number of fused-ring (bicyclic) bond motifs is 8. The fourth-order valence-corrected chi connectivity index (χ4v) is 6.03. The molecule has 2 aliphatic heterocycles. The third kappa shape index (κ3) is 4.42. The largest absolute Gasteiger partial charge is 0.355 e. The zero-order valence-electron chi connectivity index (χ0n) is 23.6. The molecule has 5 heterocycles. The Balaban J connectivity index is 1.59. The van der Waals surface area contributed by atoms with Crippen molar-refractivity contribution < 1.29 is 4.79 Å². The molecular formula is C36H27BN4O. The van der Waals surface area contributed by atoms with Crippen LogP contribution in [-0.4, -0.2) is 34.1 Å². The van der Waals surface area contributed by atoms with Gasteiger partial charge in [-0.25, -0.2) is 9.97 Å². The van der Waals surface area contributed by atoms with E-state index >= 15 is 0 Å². The van der Waals surface area contributed by atoms with E-state index < -0.39 is 0 Å². The van der Waals surface area contributed by atoms with Crippen LogP contribution in [0.4, 0.5) is 0 Å². The number of aromatic nitrogens is 4. The number of hydrogen-bond donors (Lipinski definition) is 2. The molecule has 0 saturated carbocycles. The molecular weight excluding hydrogens is 515 g/mol. The van der Waals surface area contributed by atoms with Crippen molar-refractivity contribution in [3.63, 3.8) is 0 Å². The number of hydrogen-bond acceptors (Lipinski definition) is 3. The summed E-state index contributed by atoms with van der Waals surface area (Å²) in [5.41, 5.74) is 15.6. The topological polar surface area (TPSA) is 74.4 Å². The predicted octanol–water partition coefficient (Wildman–Crippen LogP) is 7.52. The lowest BCUT2D eigenvalue weighted by Crippen LogP contribution is -2.07. The van der Waals surface area contributed by atoms with E-state index in [0.29, 0.717) is 16.7 Å². The first-order chi connectivity index (χ1) is 20.4. The molecule has 0 fully saturated rings. The van der Waals surface area contributed by atoms with Gasteiger partial charge < -0.3 is 9.97 Å². The molecule has 7 rings (SSSR count). The molecule has 3 aromatic heterocycles. The summed E-state index contributed by atoms with van der Waals surface area (Å²) in [6.45, 7) is 6.43. The number of nitrogens with one attached hydrogen (secondary N) is 2. The molecule has 5 nitrogen and oxygen atoms in total. The number of rotatable bonds is 3. The first-order valence-electron chi connectivity index (χ1n) is 13.9. The van der Waals surface area contributed by atoms with Crippen LogP contribution >= 0.6 is 0 Å². The van der Waals surface area contributed by atoms with Crippen LogP contribution in [0.15, 0.2) is 66.7 Å². The molecule has 2 radical (unpaired) electrons. The molecule has 42 heavy (non-hydrogen) atoms. The summed E-state index contributed by atoms with van der Waals surface area (Å²) in [6.07, 6.45) is 8.90. The Morgan fingerprint density at radius 2 is 1.29 bits per heavy atom. The SMILES string of the molecule is [B]c1c2nc(c(-c3c(C)cc(C)cc3C)c3ccc(cc4nc(c(-c5ccc(C=O)cc5)c5ccc1[nH]5)C=C4)[nH]3)C=C2. The molecule has 5 aromatic rings. The van der Waals surface area contributed by atoms with Gasteiger partial charge >= 0.3 is 0 Å². The summed E-state index contributed by atoms with van der Waals surface area (Å²) in [5.74, 6) is 0. The van der Waals surface area contributed by atoms with Crippen LogP contribution < -0.4 is 5.46 Å².